The third kappa shape index (κ3) is 4.01. The number of hydrogen-bond donors (Lipinski definition) is 2. The Hall–Kier alpha value is -1.76. The van der Waals surface area contributed by atoms with Crippen molar-refractivity contribution in [3.8, 4) is 0 Å². The fourth-order valence-electron chi connectivity index (χ4n) is 2.10. The molecule has 8 heteroatoms. The molecule has 2 aromatic rings. The van der Waals surface area contributed by atoms with Crippen LogP contribution in [0, 0.1) is 5.92 Å². The second-order valence-electron chi connectivity index (χ2n) is 5.52. The van der Waals surface area contributed by atoms with Crippen LogP contribution in [0.5, 0.6) is 0 Å². The zero-order chi connectivity index (χ0) is 17.3. The van der Waals surface area contributed by atoms with Gasteiger partial charge in [0.05, 0.1) is 5.02 Å². The molecule has 1 aliphatic rings. The molecule has 0 bridgehead atoms. The highest BCUT2D eigenvalue weighted by molar-refractivity contribution is 7.92. The molecule has 0 aromatic heterocycles. The Bertz CT molecular complexity index is 879. The normalized spacial score (nSPS) is 14.2. The molecule has 2 aromatic carbocycles. The average molecular weight is 385 g/mol. The van der Waals surface area contributed by atoms with Gasteiger partial charge in [-0.3, -0.25) is 9.52 Å². The van der Waals surface area contributed by atoms with E-state index in [-0.39, 0.29) is 21.7 Å². The van der Waals surface area contributed by atoms with Crippen molar-refractivity contribution in [2.24, 2.45) is 5.92 Å². The lowest BCUT2D eigenvalue weighted by atomic mass is 10.3. The Morgan fingerprint density at radius 2 is 1.62 bits per heavy atom. The van der Waals surface area contributed by atoms with Crippen molar-refractivity contribution in [2.45, 2.75) is 17.7 Å². The van der Waals surface area contributed by atoms with E-state index in [2.05, 4.69) is 10.0 Å². The van der Waals surface area contributed by atoms with Crippen LogP contribution in [0.2, 0.25) is 10.0 Å². The van der Waals surface area contributed by atoms with Gasteiger partial charge < -0.3 is 5.32 Å². The van der Waals surface area contributed by atoms with Gasteiger partial charge in [0.2, 0.25) is 5.91 Å². The molecule has 0 radical (unpaired) electrons. The van der Waals surface area contributed by atoms with Crippen molar-refractivity contribution in [3.63, 3.8) is 0 Å². The Morgan fingerprint density at radius 1 is 1.00 bits per heavy atom. The Labute approximate surface area is 150 Å². The number of sulfonamides is 1. The van der Waals surface area contributed by atoms with Crippen molar-refractivity contribution in [1.29, 1.82) is 0 Å². The van der Waals surface area contributed by atoms with Gasteiger partial charge >= 0.3 is 0 Å². The van der Waals surface area contributed by atoms with E-state index in [1.54, 1.807) is 30.3 Å². The van der Waals surface area contributed by atoms with Crippen LogP contribution in [-0.2, 0) is 14.8 Å². The fourth-order valence-corrected chi connectivity index (χ4v) is 3.82. The molecule has 2 N–H and O–H groups in total. The van der Waals surface area contributed by atoms with Crippen LogP contribution in [-0.4, -0.2) is 14.3 Å². The minimum atomic E-state index is -3.90. The highest BCUT2D eigenvalue weighted by Gasteiger charge is 2.30. The summed E-state index contributed by atoms with van der Waals surface area (Å²) in [5.74, 6) is -0.0840. The van der Waals surface area contributed by atoms with E-state index >= 15 is 0 Å². The third-order valence-electron chi connectivity index (χ3n) is 3.53. The molecular weight excluding hydrogens is 371 g/mol. The maximum atomic E-state index is 12.6. The summed E-state index contributed by atoms with van der Waals surface area (Å²) >= 11 is 11.8. The van der Waals surface area contributed by atoms with Crippen LogP contribution in [0.1, 0.15) is 12.8 Å². The van der Waals surface area contributed by atoms with Crippen LogP contribution in [0.25, 0.3) is 0 Å². The molecule has 5 nitrogen and oxygen atoms in total. The SMILES string of the molecule is O=C(Nc1ccc(Cl)c(S(=O)(=O)Nc2ccc(Cl)cc2)c1)C1CC1. The number of carbonyl (C=O) groups excluding carboxylic acids is 1. The highest BCUT2D eigenvalue weighted by Crippen LogP contribution is 2.32. The number of amides is 1. The summed E-state index contributed by atoms with van der Waals surface area (Å²) in [5, 5.41) is 3.28. The van der Waals surface area contributed by atoms with Crippen LogP contribution in [0.3, 0.4) is 0 Å². The average Bonchev–Trinajstić information content (AvgIpc) is 3.36. The first kappa shape index (κ1) is 17.1. The molecule has 1 fully saturated rings. The summed E-state index contributed by atoms with van der Waals surface area (Å²) in [6.45, 7) is 0. The van der Waals surface area contributed by atoms with Crippen molar-refractivity contribution in [1.82, 2.24) is 0 Å². The maximum absolute atomic E-state index is 12.6. The lowest BCUT2D eigenvalue weighted by Gasteiger charge is -2.12. The third-order valence-corrected chi connectivity index (χ3v) is 5.65. The number of halogens is 2. The molecule has 0 atom stereocenters. The van der Waals surface area contributed by atoms with Gasteiger partial charge in [0.15, 0.2) is 0 Å². The first-order valence-electron chi connectivity index (χ1n) is 7.24. The van der Waals surface area contributed by atoms with E-state index in [4.69, 9.17) is 23.2 Å². The highest BCUT2D eigenvalue weighted by atomic mass is 35.5. The summed E-state index contributed by atoms with van der Waals surface area (Å²) in [7, 11) is -3.90. The Morgan fingerprint density at radius 3 is 2.25 bits per heavy atom. The number of benzene rings is 2. The number of hydrogen-bond acceptors (Lipinski definition) is 3. The van der Waals surface area contributed by atoms with Crippen LogP contribution in [0.15, 0.2) is 47.4 Å². The lowest BCUT2D eigenvalue weighted by Crippen LogP contribution is -2.16. The van der Waals surface area contributed by atoms with Crippen molar-refractivity contribution in [2.75, 3.05) is 10.0 Å². The first-order chi connectivity index (χ1) is 11.3. The summed E-state index contributed by atoms with van der Waals surface area (Å²) in [5.41, 5.74) is 0.760. The zero-order valence-corrected chi connectivity index (χ0v) is 14.8. The summed E-state index contributed by atoms with van der Waals surface area (Å²) in [4.78, 5) is 11.7. The molecule has 24 heavy (non-hydrogen) atoms. The van der Waals surface area contributed by atoms with E-state index in [0.717, 1.165) is 12.8 Å². The molecule has 1 amide bonds. The zero-order valence-electron chi connectivity index (χ0n) is 12.4. The quantitative estimate of drug-likeness (QED) is 0.812. The van der Waals surface area contributed by atoms with E-state index in [0.29, 0.717) is 16.4 Å². The molecule has 0 heterocycles. The predicted molar refractivity (Wildman–Crippen MR) is 95.1 cm³/mol. The standard InChI is InChI=1S/C16H14Cl2N2O3S/c17-11-3-5-12(6-4-11)20-24(22,23)15-9-13(7-8-14(15)18)19-16(21)10-1-2-10/h3-10,20H,1-2H2,(H,19,21). The predicted octanol–water partition coefficient (Wildman–Crippen LogP) is 4.14. The minimum Gasteiger partial charge on any atom is -0.326 e. The van der Waals surface area contributed by atoms with Crippen LogP contribution < -0.4 is 10.0 Å². The summed E-state index contributed by atoms with van der Waals surface area (Å²) < 4.78 is 27.5. The van der Waals surface area contributed by atoms with Gasteiger partial charge in [-0.1, -0.05) is 23.2 Å². The van der Waals surface area contributed by atoms with E-state index in [1.165, 1.54) is 12.1 Å². The van der Waals surface area contributed by atoms with E-state index in [1.807, 2.05) is 0 Å². The molecule has 0 saturated heterocycles. The van der Waals surface area contributed by atoms with Crippen molar-refractivity contribution >= 4 is 50.5 Å². The molecule has 0 unspecified atom stereocenters. The minimum absolute atomic E-state index is 0.0212. The van der Waals surface area contributed by atoms with Gasteiger partial charge in [-0.2, -0.15) is 0 Å². The molecule has 0 aliphatic heterocycles. The molecule has 0 spiro atoms. The van der Waals surface area contributed by atoms with Crippen LogP contribution >= 0.6 is 23.2 Å². The maximum Gasteiger partial charge on any atom is 0.263 e. The van der Waals surface area contributed by atoms with E-state index in [9.17, 15) is 13.2 Å². The summed E-state index contributed by atoms with van der Waals surface area (Å²) in [6, 6.07) is 10.6. The molecule has 3 rings (SSSR count). The number of carbonyl (C=O) groups is 1. The van der Waals surface area contributed by atoms with Gasteiger partial charge in [0.1, 0.15) is 4.90 Å². The monoisotopic (exact) mass is 384 g/mol. The molecule has 1 aliphatic carbocycles. The lowest BCUT2D eigenvalue weighted by molar-refractivity contribution is -0.117. The summed E-state index contributed by atoms with van der Waals surface area (Å²) in [6.07, 6.45) is 1.73. The van der Waals surface area contributed by atoms with Gasteiger partial charge in [0, 0.05) is 22.3 Å². The fraction of sp³-hybridized carbons (Fsp3) is 0.188. The number of rotatable bonds is 5. The topological polar surface area (TPSA) is 75.3 Å². The second-order valence-corrected chi connectivity index (χ2v) is 8.02. The van der Waals surface area contributed by atoms with Gasteiger partial charge in [-0.25, -0.2) is 8.42 Å². The van der Waals surface area contributed by atoms with Gasteiger partial charge in [0.25, 0.3) is 10.0 Å². The largest absolute Gasteiger partial charge is 0.326 e. The molecular formula is C16H14Cl2N2O3S. The Balaban J connectivity index is 1.85. The van der Waals surface area contributed by atoms with Gasteiger partial charge in [-0.05, 0) is 55.3 Å². The second kappa shape index (κ2) is 6.63. The van der Waals surface area contributed by atoms with Crippen molar-refractivity contribution in [3.05, 3.63) is 52.5 Å². The first-order valence-corrected chi connectivity index (χ1v) is 9.48. The van der Waals surface area contributed by atoms with Crippen LogP contribution in [0.4, 0.5) is 11.4 Å². The molecule has 1 saturated carbocycles. The van der Waals surface area contributed by atoms with Crippen molar-refractivity contribution < 1.29 is 13.2 Å². The molecule has 126 valence electrons. The van der Waals surface area contributed by atoms with E-state index < -0.39 is 10.0 Å². The number of anilines is 2. The number of nitrogens with one attached hydrogen (secondary N) is 2. The Kier molecular flexibility index (Phi) is 4.71. The smallest absolute Gasteiger partial charge is 0.263 e. The van der Waals surface area contributed by atoms with Gasteiger partial charge in [-0.15, -0.1) is 0 Å².